The van der Waals surface area contributed by atoms with Gasteiger partial charge in [-0.15, -0.1) is 9.81 Å². The average molecular weight is 142 g/mol. The topological polar surface area (TPSA) is 99.3 Å². The molecule has 0 fully saturated rings. The van der Waals surface area contributed by atoms with Gasteiger partial charge in [0.25, 0.3) is 0 Å². The van der Waals surface area contributed by atoms with Crippen molar-refractivity contribution in [2.75, 3.05) is 0 Å². The van der Waals surface area contributed by atoms with Crippen LogP contribution in [0.4, 0.5) is 0 Å². The summed E-state index contributed by atoms with van der Waals surface area (Å²) in [5.74, 6) is 0. The van der Waals surface area contributed by atoms with Crippen LogP contribution < -0.4 is 59.1 Å². The van der Waals surface area contributed by atoms with E-state index in [4.69, 9.17) is 20.2 Å². The fourth-order valence-corrected chi connectivity index (χ4v) is 0. The van der Waals surface area contributed by atoms with Gasteiger partial charge in [-0.1, -0.05) is 0 Å². The van der Waals surface area contributed by atoms with E-state index in [-0.39, 0.29) is 62.0 Å². The van der Waals surface area contributed by atoms with Crippen LogP contribution in [0.1, 0.15) is 2.85 Å². The molecule has 0 aliphatic rings. The van der Waals surface area contributed by atoms with Crippen molar-refractivity contribution in [2.24, 2.45) is 10.7 Å². The monoisotopic (exact) mass is 142 g/mol. The van der Waals surface area contributed by atoms with Gasteiger partial charge in [-0.3, -0.25) is 0 Å². The molecule has 0 amide bonds. The predicted octanol–water partition coefficient (Wildman–Crippen LogP) is -5.48. The fourth-order valence-electron chi connectivity index (χ4n) is 0. The number of hydrogen-bond acceptors (Lipinski definition) is 4. The maximum absolute atomic E-state index is 8.11. The first-order chi connectivity index (χ1) is 2.83. The summed E-state index contributed by atoms with van der Waals surface area (Å²) >= 11 is 0. The SMILES string of the molecule is O=NO.O=NO.[H-].[H-].[Na+].[Na+]. The van der Waals surface area contributed by atoms with E-state index in [1.807, 2.05) is 0 Å². The molecule has 6 nitrogen and oxygen atoms in total. The Hall–Kier alpha value is 0.800. The minimum Gasteiger partial charge on any atom is -1.00 e. The van der Waals surface area contributed by atoms with Gasteiger partial charge in [-0.25, -0.2) is 0 Å². The molecule has 40 valence electrons. The first-order valence-corrected chi connectivity index (χ1v) is 0.765. The largest absolute Gasteiger partial charge is 1.00 e. The smallest absolute Gasteiger partial charge is 1.00 e. The van der Waals surface area contributed by atoms with Gasteiger partial charge in [0, 0.05) is 0 Å². The first-order valence-electron chi connectivity index (χ1n) is 0.765. The summed E-state index contributed by atoms with van der Waals surface area (Å²) in [6.07, 6.45) is 0. The molecule has 0 saturated heterocycles. The van der Waals surface area contributed by atoms with Crippen LogP contribution in [0.15, 0.2) is 10.7 Å². The Morgan fingerprint density at radius 2 is 1.00 bits per heavy atom. The number of nitrogens with zero attached hydrogens (tertiary/aromatic N) is 2. The van der Waals surface area contributed by atoms with E-state index in [9.17, 15) is 0 Å². The summed E-state index contributed by atoms with van der Waals surface area (Å²) in [7, 11) is 0. The summed E-state index contributed by atoms with van der Waals surface area (Å²) < 4.78 is 0. The molecule has 0 aromatic rings. The molecule has 0 atom stereocenters. The molecular formula is H4N2Na2O4. The van der Waals surface area contributed by atoms with E-state index in [2.05, 4.69) is 0 Å². The third-order valence-electron chi connectivity index (χ3n) is 0. The van der Waals surface area contributed by atoms with Crippen molar-refractivity contribution < 1.29 is 72.4 Å². The third kappa shape index (κ3) is 357. The Morgan fingerprint density at radius 3 is 1.00 bits per heavy atom. The molecular weight excluding hydrogens is 138 g/mol. The summed E-state index contributed by atoms with van der Waals surface area (Å²) in [6, 6.07) is 0. The van der Waals surface area contributed by atoms with Crippen molar-refractivity contribution in [1.29, 1.82) is 0 Å². The van der Waals surface area contributed by atoms with E-state index in [0.29, 0.717) is 0 Å². The Bertz CT molecular complexity index is 40.2. The molecule has 8 heteroatoms. The minimum atomic E-state index is 0. The average Bonchev–Trinajstić information content (AvgIpc) is 1.39. The van der Waals surface area contributed by atoms with Crippen LogP contribution in [0.3, 0.4) is 0 Å². The fraction of sp³-hybridized carbons (Fsp3) is 0. The zero-order valence-corrected chi connectivity index (χ0v) is 8.61. The van der Waals surface area contributed by atoms with Crippen LogP contribution in [-0.2, 0) is 0 Å². The Morgan fingerprint density at radius 1 is 1.00 bits per heavy atom. The second kappa shape index (κ2) is 46.0. The zero-order valence-electron chi connectivity index (χ0n) is 6.61. The van der Waals surface area contributed by atoms with Crippen LogP contribution in [0.25, 0.3) is 0 Å². The summed E-state index contributed by atoms with van der Waals surface area (Å²) in [5.41, 5.74) is 0. The van der Waals surface area contributed by atoms with Crippen LogP contribution >= 0.6 is 0 Å². The van der Waals surface area contributed by atoms with Crippen molar-refractivity contribution in [3.63, 3.8) is 0 Å². The van der Waals surface area contributed by atoms with Gasteiger partial charge in [0.05, 0.1) is 0 Å². The standard InChI is InChI=1S/2HNO2.2Na.2H/c2*2-1-3;;;;/h2*(H,2,3);;;;/q;;2*+1;2*-1. The van der Waals surface area contributed by atoms with E-state index in [0.717, 1.165) is 0 Å². The van der Waals surface area contributed by atoms with Crippen molar-refractivity contribution in [3.8, 4) is 0 Å². The molecule has 0 aliphatic carbocycles. The second-order valence-electron chi connectivity index (χ2n) is 0.163. The molecule has 0 radical (unpaired) electrons. The van der Waals surface area contributed by atoms with Gasteiger partial charge in [0.1, 0.15) is 0 Å². The number of rotatable bonds is 0. The molecule has 0 heterocycles. The van der Waals surface area contributed by atoms with Crippen molar-refractivity contribution in [3.05, 3.63) is 9.81 Å². The van der Waals surface area contributed by atoms with Gasteiger partial charge in [0.15, 0.2) is 10.7 Å². The summed E-state index contributed by atoms with van der Waals surface area (Å²) in [4.78, 5) is 16.2. The van der Waals surface area contributed by atoms with Crippen molar-refractivity contribution in [1.82, 2.24) is 0 Å². The van der Waals surface area contributed by atoms with E-state index in [1.54, 1.807) is 0 Å². The van der Waals surface area contributed by atoms with Gasteiger partial charge >= 0.3 is 59.1 Å². The molecule has 0 aromatic carbocycles. The summed E-state index contributed by atoms with van der Waals surface area (Å²) in [6.45, 7) is 0. The minimum absolute atomic E-state index is 0. The molecule has 0 rings (SSSR count). The zero-order chi connectivity index (χ0) is 5.41. The summed E-state index contributed by atoms with van der Waals surface area (Å²) in [5, 5.41) is 15.8. The normalized spacial score (nSPS) is 3.00. The predicted molar refractivity (Wildman–Crippen MR) is 17.4 cm³/mol. The Balaban J connectivity index is -0.00000000571. The first kappa shape index (κ1) is 23.2. The van der Waals surface area contributed by atoms with Crippen LogP contribution in [0.5, 0.6) is 0 Å². The van der Waals surface area contributed by atoms with Crippen LogP contribution in [0, 0.1) is 9.81 Å². The second-order valence-corrected chi connectivity index (χ2v) is 0.163. The van der Waals surface area contributed by atoms with Gasteiger partial charge in [-0.05, 0) is 0 Å². The molecule has 8 heavy (non-hydrogen) atoms. The van der Waals surface area contributed by atoms with E-state index >= 15 is 0 Å². The maximum atomic E-state index is 8.11. The Labute approximate surface area is 92.1 Å². The van der Waals surface area contributed by atoms with Gasteiger partial charge in [-0.2, -0.15) is 0 Å². The molecule has 0 saturated carbocycles. The Kier molecular flexibility index (Phi) is 134. The molecule has 0 spiro atoms. The van der Waals surface area contributed by atoms with Crippen molar-refractivity contribution >= 4 is 0 Å². The quantitative estimate of drug-likeness (QED) is 0.200. The molecule has 0 unspecified atom stereocenters. The molecule has 2 N–H and O–H groups in total. The van der Waals surface area contributed by atoms with E-state index < -0.39 is 0 Å². The molecule has 0 aliphatic heterocycles. The van der Waals surface area contributed by atoms with Crippen LogP contribution in [-0.4, -0.2) is 10.4 Å². The third-order valence-corrected chi connectivity index (χ3v) is 0. The number of hydrogen-bond donors (Lipinski definition) is 2. The van der Waals surface area contributed by atoms with E-state index in [1.165, 1.54) is 10.7 Å². The van der Waals surface area contributed by atoms with Gasteiger partial charge < -0.3 is 13.3 Å². The maximum Gasteiger partial charge on any atom is 1.00 e. The molecule has 0 aromatic heterocycles. The van der Waals surface area contributed by atoms with Crippen LogP contribution in [0.2, 0.25) is 0 Å². The van der Waals surface area contributed by atoms with Crippen molar-refractivity contribution in [2.45, 2.75) is 0 Å². The van der Waals surface area contributed by atoms with Gasteiger partial charge in [0.2, 0.25) is 0 Å². The molecule has 0 bridgehead atoms.